The van der Waals surface area contributed by atoms with Crippen molar-refractivity contribution in [2.24, 2.45) is 0 Å². The Hall–Kier alpha value is -0.900. The molecular formula is C16H22N2S. The molecule has 3 heteroatoms. The molecule has 0 aliphatic carbocycles. The monoisotopic (exact) mass is 274 g/mol. The van der Waals surface area contributed by atoms with Crippen LogP contribution in [0, 0.1) is 0 Å². The quantitative estimate of drug-likeness (QED) is 0.915. The number of benzene rings is 1. The summed E-state index contributed by atoms with van der Waals surface area (Å²) in [6, 6.07) is 9.43. The predicted octanol–water partition coefficient (Wildman–Crippen LogP) is 3.65. The zero-order valence-electron chi connectivity index (χ0n) is 11.6. The fourth-order valence-electron chi connectivity index (χ4n) is 3.06. The van der Waals surface area contributed by atoms with Gasteiger partial charge in [0.2, 0.25) is 0 Å². The van der Waals surface area contributed by atoms with Gasteiger partial charge in [0.1, 0.15) is 0 Å². The molecule has 0 spiro atoms. The number of hydrogen-bond donors (Lipinski definition) is 1. The summed E-state index contributed by atoms with van der Waals surface area (Å²) < 4.78 is 1.42. The molecule has 102 valence electrons. The average molecular weight is 274 g/mol. The second-order valence-corrected chi connectivity index (χ2v) is 6.19. The number of nitrogens with one attached hydrogen (secondary N) is 1. The maximum atomic E-state index is 3.46. The number of piperazine rings is 1. The molecule has 1 atom stereocenters. The molecule has 3 rings (SSSR count). The molecule has 0 bridgehead atoms. The molecule has 1 aromatic carbocycles. The van der Waals surface area contributed by atoms with Gasteiger partial charge < -0.3 is 5.32 Å². The first-order valence-electron chi connectivity index (χ1n) is 7.31. The minimum atomic E-state index is 0.600. The molecule has 1 aromatic heterocycles. The van der Waals surface area contributed by atoms with E-state index in [-0.39, 0.29) is 0 Å². The molecule has 0 amide bonds. The maximum Gasteiger partial charge on any atom is 0.0363 e. The summed E-state index contributed by atoms with van der Waals surface area (Å²) in [7, 11) is 0. The summed E-state index contributed by atoms with van der Waals surface area (Å²) in [4.78, 5) is 2.66. The lowest BCUT2D eigenvalue weighted by atomic mass is 9.99. The topological polar surface area (TPSA) is 15.3 Å². The van der Waals surface area contributed by atoms with E-state index in [1.807, 2.05) is 11.3 Å². The van der Waals surface area contributed by atoms with Gasteiger partial charge in [0.15, 0.2) is 0 Å². The Kier molecular flexibility index (Phi) is 4.16. The summed E-state index contributed by atoms with van der Waals surface area (Å²) in [5.41, 5.74) is 1.55. The van der Waals surface area contributed by atoms with E-state index in [0.29, 0.717) is 6.04 Å². The van der Waals surface area contributed by atoms with Gasteiger partial charge in [-0.05, 0) is 28.8 Å². The molecule has 2 nitrogen and oxygen atoms in total. The zero-order chi connectivity index (χ0) is 13.1. The van der Waals surface area contributed by atoms with Gasteiger partial charge in [0.05, 0.1) is 0 Å². The van der Waals surface area contributed by atoms with Gasteiger partial charge in [-0.15, -0.1) is 11.3 Å². The maximum absolute atomic E-state index is 3.46. The van der Waals surface area contributed by atoms with Crippen molar-refractivity contribution in [2.75, 3.05) is 26.2 Å². The Morgan fingerprint density at radius 1 is 1.26 bits per heavy atom. The summed E-state index contributed by atoms with van der Waals surface area (Å²) >= 11 is 1.89. The number of fused-ring (bicyclic) bond motifs is 1. The standard InChI is InChI=1S/C16H22N2S/c1-2-5-15(18-10-8-17-9-11-18)14-12-19-16-7-4-3-6-13(14)16/h3-4,6-7,12,15,17H,2,5,8-11H2,1H3/t15-/m0/s1. The molecule has 1 aliphatic heterocycles. The third kappa shape index (κ3) is 2.69. The van der Waals surface area contributed by atoms with E-state index in [4.69, 9.17) is 0 Å². The zero-order valence-corrected chi connectivity index (χ0v) is 12.4. The highest BCUT2D eigenvalue weighted by Gasteiger charge is 2.23. The predicted molar refractivity (Wildman–Crippen MR) is 83.9 cm³/mol. The first kappa shape index (κ1) is 13.1. The summed E-state index contributed by atoms with van der Waals surface area (Å²) in [6.07, 6.45) is 2.51. The van der Waals surface area contributed by atoms with E-state index in [9.17, 15) is 0 Å². The van der Waals surface area contributed by atoms with Crippen LogP contribution in [0.4, 0.5) is 0 Å². The lowest BCUT2D eigenvalue weighted by molar-refractivity contribution is 0.166. The van der Waals surface area contributed by atoms with Crippen LogP contribution in [-0.2, 0) is 0 Å². The minimum absolute atomic E-state index is 0.600. The molecule has 2 heterocycles. The Bertz CT molecular complexity index is 528. The summed E-state index contributed by atoms with van der Waals surface area (Å²) in [5, 5.41) is 7.30. The third-order valence-corrected chi connectivity index (χ3v) is 5.01. The molecule has 1 fully saturated rings. The summed E-state index contributed by atoms with van der Waals surface area (Å²) in [5.74, 6) is 0. The van der Waals surface area contributed by atoms with E-state index >= 15 is 0 Å². The van der Waals surface area contributed by atoms with Gasteiger partial charge in [-0.1, -0.05) is 31.5 Å². The molecule has 19 heavy (non-hydrogen) atoms. The average Bonchev–Trinajstić information content (AvgIpc) is 2.89. The number of nitrogens with zero attached hydrogens (tertiary/aromatic N) is 1. The van der Waals surface area contributed by atoms with Crippen LogP contribution in [0.25, 0.3) is 10.1 Å². The highest BCUT2D eigenvalue weighted by atomic mass is 32.1. The van der Waals surface area contributed by atoms with Gasteiger partial charge >= 0.3 is 0 Å². The molecule has 1 N–H and O–H groups in total. The molecule has 0 unspecified atom stereocenters. The van der Waals surface area contributed by atoms with E-state index in [1.54, 1.807) is 5.56 Å². The second kappa shape index (κ2) is 6.04. The van der Waals surface area contributed by atoms with E-state index < -0.39 is 0 Å². The smallest absolute Gasteiger partial charge is 0.0363 e. The van der Waals surface area contributed by atoms with E-state index in [1.165, 1.54) is 36.0 Å². The van der Waals surface area contributed by atoms with Crippen LogP contribution in [0.2, 0.25) is 0 Å². The van der Waals surface area contributed by atoms with Crippen molar-refractivity contribution < 1.29 is 0 Å². The Balaban J connectivity index is 1.94. The van der Waals surface area contributed by atoms with Crippen molar-refractivity contribution in [1.29, 1.82) is 0 Å². The first-order valence-corrected chi connectivity index (χ1v) is 8.19. The van der Waals surface area contributed by atoms with E-state index in [0.717, 1.165) is 13.1 Å². The fraction of sp³-hybridized carbons (Fsp3) is 0.500. The van der Waals surface area contributed by atoms with Crippen molar-refractivity contribution in [1.82, 2.24) is 10.2 Å². The van der Waals surface area contributed by atoms with E-state index in [2.05, 4.69) is 46.8 Å². The van der Waals surface area contributed by atoms with Crippen LogP contribution in [0.15, 0.2) is 29.6 Å². The largest absolute Gasteiger partial charge is 0.314 e. The fourth-order valence-corrected chi connectivity index (χ4v) is 4.07. The molecule has 2 aromatic rings. The number of rotatable bonds is 4. The minimum Gasteiger partial charge on any atom is -0.314 e. The van der Waals surface area contributed by atoms with Crippen molar-refractivity contribution in [3.63, 3.8) is 0 Å². The highest BCUT2D eigenvalue weighted by molar-refractivity contribution is 7.17. The Labute approximate surface area is 119 Å². The third-order valence-electron chi connectivity index (χ3n) is 4.02. The first-order chi connectivity index (χ1) is 9.40. The van der Waals surface area contributed by atoms with Crippen LogP contribution in [-0.4, -0.2) is 31.1 Å². The Morgan fingerprint density at radius 3 is 2.84 bits per heavy atom. The number of hydrogen-bond acceptors (Lipinski definition) is 3. The number of thiophene rings is 1. The SMILES string of the molecule is CCC[C@@H](c1csc2ccccc12)N1CCNCC1. The van der Waals surface area contributed by atoms with Crippen LogP contribution >= 0.6 is 11.3 Å². The van der Waals surface area contributed by atoms with Crippen molar-refractivity contribution in [2.45, 2.75) is 25.8 Å². The van der Waals surface area contributed by atoms with Gasteiger partial charge in [-0.3, -0.25) is 4.90 Å². The van der Waals surface area contributed by atoms with Gasteiger partial charge in [0.25, 0.3) is 0 Å². The molecule has 0 saturated carbocycles. The van der Waals surface area contributed by atoms with Gasteiger partial charge in [-0.25, -0.2) is 0 Å². The molecular weight excluding hydrogens is 252 g/mol. The lowest BCUT2D eigenvalue weighted by Gasteiger charge is -2.35. The van der Waals surface area contributed by atoms with Crippen LogP contribution in [0.1, 0.15) is 31.4 Å². The molecule has 0 radical (unpaired) electrons. The van der Waals surface area contributed by atoms with Crippen molar-refractivity contribution in [3.8, 4) is 0 Å². The van der Waals surface area contributed by atoms with Crippen LogP contribution in [0.3, 0.4) is 0 Å². The highest BCUT2D eigenvalue weighted by Crippen LogP contribution is 2.35. The van der Waals surface area contributed by atoms with Crippen molar-refractivity contribution >= 4 is 21.4 Å². The summed E-state index contributed by atoms with van der Waals surface area (Å²) in [6.45, 7) is 6.90. The van der Waals surface area contributed by atoms with Crippen LogP contribution in [0.5, 0.6) is 0 Å². The second-order valence-electron chi connectivity index (χ2n) is 5.28. The van der Waals surface area contributed by atoms with Crippen molar-refractivity contribution in [3.05, 3.63) is 35.2 Å². The molecule has 1 saturated heterocycles. The van der Waals surface area contributed by atoms with Crippen LogP contribution < -0.4 is 5.32 Å². The molecule has 1 aliphatic rings. The normalized spacial score (nSPS) is 18.8. The Morgan fingerprint density at radius 2 is 2.05 bits per heavy atom. The van der Waals surface area contributed by atoms with Gasteiger partial charge in [0, 0.05) is 36.9 Å². The van der Waals surface area contributed by atoms with Gasteiger partial charge in [-0.2, -0.15) is 0 Å². The lowest BCUT2D eigenvalue weighted by Crippen LogP contribution is -2.45.